The first-order chi connectivity index (χ1) is 14.7. The van der Waals surface area contributed by atoms with Crippen LogP contribution in [0.1, 0.15) is 55.3 Å². The number of methoxy groups -OCH3 is 1. The van der Waals surface area contributed by atoms with Crippen LogP contribution in [0.2, 0.25) is 0 Å². The molecular formula is C23H36IN5O2. The molecule has 1 atom stereocenters. The number of hydrogen-bond donors (Lipinski definition) is 2. The first-order valence-electron chi connectivity index (χ1n) is 11.0. The number of aryl methyl sites for hydroxylation is 2. The van der Waals surface area contributed by atoms with Gasteiger partial charge in [0.05, 0.1) is 18.8 Å². The van der Waals surface area contributed by atoms with Gasteiger partial charge in [0, 0.05) is 32.1 Å². The van der Waals surface area contributed by atoms with Crippen molar-refractivity contribution in [3.05, 3.63) is 46.8 Å². The van der Waals surface area contributed by atoms with Crippen molar-refractivity contribution < 1.29 is 9.26 Å². The van der Waals surface area contributed by atoms with E-state index >= 15 is 0 Å². The predicted octanol–water partition coefficient (Wildman–Crippen LogP) is 3.93. The van der Waals surface area contributed by atoms with Gasteiger partial charge in [0.1, 0.15) is 11.5 Å². The molecule has 2 N–H and O–H groups in total. The number of halogens is 1. The molecule has 0 aliphatic carbocycles. The molecule has 3 rings (SSSR count). The van der Waals surface area contributed by atoms with E-state index in [0.717, 1.165) is 61.2 Å². The second kappa shape index (κ2) is 12.9. The quantitative estimate of drug-likeness (QED) is 0.285. The largest absolute Gasteiger partial charge is 0.497 e. The van der Waals surface area contributed by atoms with Crippen molar-refractivity contribution >= 4 is 29.9 Å². The minimum absolute atomic E-state index is 0. The second-order valence-electron chi connectivity index (χ2n) is 7.58. The molecule has 1 unspecified atom stereocenters. The normalized spacial score (nSPS) is 15.4. The molecule has 0 radical (unpaired) electrons. The first-order valence-corrected chi connectivity index (χ1v) is 11.0. The Balaban J connectivity index is 0.00000341. The summed E-state index contributed by atoms with van der Waals surface area (Å²) in [7, 11) is 3.51. The number of ether oxygens (including phenoxy) is 1. The molecule has 1 aromatic heterocycles. The summed E-state index contributed by atoms with van der Waals surface area (Å²) in [4.78, 5) is 6.97. The van der Waals surface area contributed by atoms with Gasteiger partial charge in [-0.05, 0) is 50.0 Å². The SMILES string of the molecule is CCc1noc(CC)c1CNC(=NC)NCC(c1ccc(OC)cc1)N1CCCC1.I. The highest BCUT2D eigenvalue weighted by Crippen LogP contribution is 2.26. The van der Waals surface area contributed by atoms with E-state index in [0.29, 0.717) is 12.6 Å². The maximum Gasteiger partial charge on any atom is 0.191 e. The Morgan fingerprint density at radius 1 is 1.16 bits per heavy atom. The summed E-state index contributed by atoms with van der Waals surface area (Å²) in [6.45, 7) is 7.90. The zero-order valence-electron chi connectivity index (χ0n) is 19.1. The monoisotopic (exact) mass is 541 g/mol. The van der Waals surface area contributed by atoms with E-state index in [2.05, 4.69) is 51.7 Å². The van der Waals surface area contributed by atoms with E-state index in [4.69, 9.17) is 9.26 Å². The number of aromatic nitrogens is 1. The number of nitrogens with one attached hydrogen (secondary N) is 2. The van der Waals surface area contributed by atoms with Gasteiger partial charge in [-0.25, -0.2) is 0 Å². The Bertz CT molecular complexity index is 794. The Morgan fingerprint density at radius 3 is 2.45 bits per heavy atom. The number of aliphatic imine (C=N–C) groups is 1. The Morgan fingerprint density at radius 2 is 1.87 bits per heavy atom. The number of rotatable bonds is 9. The molecule has 2 heterocycles. The number of likely N-dealkylation sites (tertiary alicyclic amines) is 1. The number of benzene rings is 1. The number of guanidine groups is 1. The molecule has 1 aliphatic heterocycles. The Hall–Kier alpha value is -1.81. The smallest absolute Gasteiger partial charge is 0.191 e. The Kier molecular flexibility index (Phi) is 10.6. The van der Waals surface area contributed by atoms with E-state index in [9.17, 15) is 0 Å². The minimum Gasteiger partial charge on any atom is -0.497 e. The molecule has 31 heavy (non-hydrogen) atoms. The highest BCUT2D eigenvalue weighted by Gasteiger charge is 2.24. The molecule has 0 saturated carbocycles. The fourth-order valence-corrected chi connectivity index (χ4v) is 4.06. The van der Waals surface area contributed by atoms with Crippen LogP contribution >= 0.6 is 24.0 Å². The summed E-state index contributed by atoms with van der Waals surface area (Å²) in [6.07, 6.45) is 4.21. The van der Waals surface area contributed by atoms with Crippen LogP contribution in [0.5, 0.6) is 5.75 Å². The molecule has 0 amide bonds. The van der Waals surface area contributed by atoms with Crippen LogP contribution in [-0.4, -0.2) is 49.8 Å². The van der Waals surface area contributed by atoms with Gasteiger partial charge in [-0.3, -0.25) is 9.89 Å². The third kappa shape index (κ3) is 6.58. The summed E-state index contributed by atoms with van der Waals surface area (Å²) < 4.78 is 10.8. The third-order valence-corrected chi connectivity index (χ3v) is 5.81. The lowest BCUT2D eigenvalue weighted by molar-refractivity contribution is 0.245. The van der Waals surface area contributed by atoms with Crippen molar-refractivity contribution in [1.29, 1.82) is 0 Å². The lowest BCUT2D eigenvalue weighted by atomic mass is 10.1. The number of nitrogens with zero attached hydrogens (tertiary/aromatic N) is 3. The molecule has 1 saturated heterocycles. The number of hydrogen-bond acceptors (Lipinski definition) is 5. The molecule has 7 nitrogen and oxygen atoms in total. The van der Waals surface area contributed by atoms with Gasteiger partial charge in [-0.15, -0.1) is 24.0 Å². The fraction of sp³-hybridized carbons (Fsp3) is 0.565. The molecular weight excluding hydrogens is 505 g/mol. The van der Waals surface area contributed by atoms with Crippen LogP contribution < -0.4 is 15.4 Å². The molecule has 0 spiro atoms. The minimum atomic E-state index is 0. The zero-order chi connectivity index (χ0) is 21.3. The Labute approximate surface area is 203 Å². The fourth-order valence-electron chi connectivity index (χ4n) is 4.06. The average Bonchev–Trinajstić information content (AvgIpc) is 3.46. The lowest BCUT2D eigenvalue weighted by Gasteiger charge is -2.29. The van der Waals surface area contributed by atoms with Crippen molar-refractivity contribution in [2.45, 2.75) is 52.1 Å². The maximum atomic E-state index is 5.48. The van der Waals surface area contributed by atoms with Gasteiger partial charge >= 0.3 is 0 Å². The van der Waals surface area contributed by atoms with Crippen LogP contribution in [-0.2, 0) is 19.4 Å². The van der Waals surface area contributed by atoms with Crippen molar-refractivity contribution in [1.82, 2.24) is 20.7 Å². The summed E-state index contributed by atoms with van der Waals surface area (Å²) in [6, 6.07) is 8.70. The summed E-state index contributed by atoms with van der Waals surface area (Å²) >= 11 is 0. The van der Waals surface area contributed by atoms with Crippen LogP contribution in [0.25, 0.3) is 0 Å². The van der Waals surface area contributed by atoms with Crippen molar-refractivity contribution in [3.8, 4) is 5.75 Å². The van der Waals surface area contributed by atoms with E-state index < -0.39 is 0 Å². The molecule has 0 bridgehead atoms. The van der Waals surface area contributed by atoms with Gasteiger partial charge < -0.3 is 19.9 Å². The van der Waals surface area contributed by atoms with Gasteiger partial charge in [-0.2, -0.15) is 0 Å². The second-order valence-corrected chi connectivity index (χ2v) is 7.58. The zero-order valence-corrected chi connectivity index (χ0v) is 21.4. The van der Waals surface area contributed by atoms with Gasteiger partial charge in [0.2, 0.25) is 0 Å². The first kappa shape index (κ1) is 25.5. The van der Waals surface area contributed by atoms with Crippen LogP contribution in [0.15, 0.2) is 33.8 Å². The molecule has 8 heteroatoms. The van der Waals surface area contributed by atoms with E-state index in [1.54, 1.807) is 7.11 Å². The molecule has 172 valence electrons. The van der Waals surface area contributed by atoms with Crippen molar-refractivity contribution in [3.63, 3.8) is 0 Å². The van der Waals surface area contributed by atoms with Crippen LogP contribution in [0.4, 0.5) is 0 Å². The summed E-state index contributed by atoms with van der Waals surface area (Å²) in [5.41, 5.74) is 3.46. The van der Waals surface area contributed by atoms with Gasteiger partial charge in [0.15, 0.2) is 5.96 Å². The highest BCUT2D eigenvalue weighted by atomic mass is 127. The van der Waals surface area contributed by atoms with E-state index in [1.165, 1.54) is 18.4 Å². The van der Waals surface area contributed by atoms with Crippen molar-refractivity contribution in [2.24, 2.45) is 4.99 Å². The van der Waals surface area contributed by atoms with E-state index in [1.807, 2.05) is 19.2 Å². The molecule has 2 aromatic rings. The molecule has 1 aliphatic rings. The van der Waals surface area contributed by atoms with Crippen LogP contribution in [0, 0.1) is 0 Å². The average molecular weight is 541 g/mol. The molecule has 1 fully saturated rings. The summed E-state index contributed by atoms with van der Waals surface area (Å²) in [5.74, 6) is 2.62. The lowest BCUT2D eigenvalue weighted by Crippen LogP contribution is -2.42. The van der Waals surface area contributed by atoms with Gasteiger partial charge in [-0.1, -0.05) is 31.1 Å². The van der Waals surface area contributed by atoms with Crippen LogP contribution in [0.3, 0.4) is 0 Å². The van der Waals surface area contributed by atoms with Crippen molar-refractivity contribution in [2.75, 3.05) is 33.8 Å². The van der Waals surface area contributed by atoms with Gasteiger partial charge in [0.25, 0.3) is 0 Å². The molecule has 1 aromatic carbocycles. The summed E-state index contributed by atoms with van der Waals surface area (Å²) in [5, 5.41) is 11.2. The maximum absolute atomic E-state index is 5.48. The standard InChI is InChI=1S/C23H35N5O2.HI/c1-5-20-19(22(6-2)30-27-20)15-25-23(24-3)26-16-21(28-13-7-8-14-28)17-9-11-18(29-4)12-10-17;/h9-12,21H,5-8,13-16H2,1-4H3,(H2,24,25,26);1H. The topological polar surface area (TPSA) is 74.9 Å². The predicted molar refractivity (Wildman–Crippen MR) is 135 cm³/mol. The van der Waals surface area contributed by atoms with E-state index in [-0.39, 0.29) is 24.0 Å². The third-order valence-electron chi connectivity index (χ3n) is 5.81. The highest BCUT2D eigenvalue weighted by molar-refractivity contribution is 14.0.